The van der Waals surface area contributed by atoms with Crippen molar-refractivity contribution in [3.63, 3.8) is 0 Å². The lowest BCUT2D eigenvalue weighted by molar-refractivity contribution is -0.385. The Hall–Kier alpha value is -3.19. The molecule has 0 unspecified atom stereocenters. The average molecular weight is 428 g/mol. The first kappa shape index (κ1) is 18.6. The first-order chi connectivity index (χ1) is 13.0. The molecule has 0 heterocycles. The fourth-order valence-electron chi connectivity index (χ4n) is 2.29. The number of rotatable bonds is 6. The Bertz CT molecular complexity index is 958. The van der Waals surface area contributed by atoms with Gasteiger partial charge in [0.25, 0.3) is 5.69 Å². The van der Waals surface area contributed by atoms with Gasteiger partial charge < -0.3 is 9.47 Å². The summed E-state index contributed by atoms with van der Waals surface area (Å²) in [6.07, 6.45) is 0. The molecule has 0 atom stereocenters. The molecule has 0 saturated heterocycles. The quantitative estimate of drug-likeness (QED) is 0.235. The number of hydrogen-bond donors (Lipinski definition) is 0. The van der Waals surface area contributed by atoms with Crippen molar-refractivity contribution in [1.29, 1.82) is 0 Å². The maximum Gasteiger partial charge on any atom is 0.343 e. The van der Waals surface area contributed by atoms with Crippen LogP contribution in [-0.2, 0) is 6.61 Å². The van der Waals surface area contributed by atoms with Gasteiger partial charge in [0.05, 0.1) is 15.0 Å². The van der Waals surface area contributed by atoms with Gasteiger partial charge in [0.15, 0.2) is 0 Å². The zero-order chi connectivity index (χ0) is 19.2. The molecule has 3 rings (SSSR count). The topological polar surface area (TPSA) is 78.7 Å². The second kappa shape index (κ2) is 8.46. The first-order valence-electron chi connectivity index (χ1n) is 7.96. The summed E-state index contributed by atoms with van der Waals surface area (Å²) < 4.78 is 11.2. The minimum Gasteiger partial charge on any atom is -0.489 e. The molecule has 3 aromatic carbocycles. The number of nitro benzene ring substituents is 1. The number of nitro groups is 1. The van der Waals surface area contributed by atoms with Crippen molar-refractivity contribution in [3.05, 3.63) is 98.5 Å². The summed E-state index contributed by atoms with van der Waals surface area (Å²) in [5.74, 6) is 0.277. The monoisotopic (exact) mass is 427 g/mol. The van der Waals surface area contributed by atoms with Gasteiger partial charge in [0.2, 0.25) is 0 Å². The van der Waals surface area contributed by atoms with Gasteiger partial charge in [-0.25, -0.2) is 4.79 Å². The normalized spacial score (nSPS) is 10.3. The Morgan fingerprint density at radius 3 is 2.30 bits per heavy atom. The molecular formula is C20H14BrNO5. The standard InChI is InChI=1S/C20H14BrNO5/c21-18-11-6-15(12-19(18)22(24)25)20(23)27-17-9-7-16(8-10-17)26-13-14-4-2-1-3-5-14/h1-12H,13H2. The van der Waals surface area contributed by atoms with Gasteiger partial charge in [0.1, 0.15) is 18.1 Å². The zero-order valence-electron chi connectivity index (χ0n) is 14.0. The van der Waals surface area contributed by atoms with Gasteiger partial charge in [-0.2, -0.15) is 0 Å². The van der Waals surface area contributed by atoms with E-state index in [1.165, 1.54) is 18.2 Å². The van der Waals surface area contributed by atoms with E-state index in [1.54, 1.807) is 24.3 Å². The highest BCUT2D eigenvalue weighted by atomic mass is 79.9. The zero-order valence-corrected chi connectivity index (χ0v) is 15.6. The SMILES string of the molecule is O=C(Oc1ccc(OCc2ccccc2)cc1)c1ccc(Br)c([N+](=O)[O-])c1. The lowest BCUT2D eigenvalue weighted by atomic mass is 10.2. The van der Waals surface area contributed by atoms with E-state index >= 15 is 0 Å². The van der Waals surface area contributed by atoms with Crippen LogP contribution in [0.4, 0.5) is 5.69 Å². The summed E-state index contributed by atoms with van der Waals surface area (Å²) in [4.78, 5) is 22.6. The number of carbonyl (C=O) groups is 1. The van der Waals surface area contributed by atoms with Crippen LogP contribution in [0.2, 0.25) is 0 Å². The number of esters is 1. The van der Waals surface area contributed by atoms with Crippen LogP contribution in [0.15, 0.2) is 77.3 Å². The molecule has 0 aliphatic rings. The third-order valence-electron chi connectivity index (χ3n) is 3.66. The van der Waals surface area contributed by atoms with Crippen LogP contribution in [0.1, 0.15) is 15.9 Å². The molecule has 0 aliphatic heterocycles. The number of hydrogen-bond acceptors (Lipinski definition) is 5. The van der Waals surface area contributed by atoms with E-state index in [4.69, 9.17) is 9.47 Å². The predicted octanol–water partition coefficient (Wildman–Crippen LogP) is 5.16. The number of halogens is 1. The Balaban J connectivity index is 1.63. The molecule has 0 saturated carbocycles. The highest BCUT2D eigenvalue weighted by molar-refractivity contribution is 9.10. The number of ether oxygens (including phenoxy) is 2. The molecule has 136 valence electrons. The molecule has 0 fully saturated rings. The highest BCUT2D eigenvalue weighted by Gasteiger charge is 2.17. The van der Waals surface area contributed by atoms with Crippen molar-refractivity contribution in [3.8, 4) is 11.5 Å². The van der Waals surface area contributed by atoms with Crippen LogP contribution in [0.5, 0.6) is 11.5 Å². The van der Waals surface area contributed by atoms with E-state index in [0.29, 0.717) is 22.6 Å². The second-order valence-electron chi connectivity index (χ2n) is 5.56. The van der Waals surface area contributed by atoms with E-state index in [2.05, 4.69) is 15.9 Å². The maximum absolute atomic E-state index is 12.2. The molecule has 3 aromatic rings. The van der Waals surface area contributed by atoms with Crippen LogP contribution in [0.3, 0.4) is 0 Å². The van der Waals surface area contributed by atoms with E-state index in [0.717, 1.165) is 5.56 Å². The van der Waals surface area contributed by atoms with Crippen LogP contribution in [0, 0.1) is 10.1 Å². The van der Waals surface area contributed by atoms with Crippen molar-refractivity contribution in [2.75, 3.05) is 0 Å². The van der Waals surface area contributed by atoms with E-state index < -0.39 is 10.9 Å². The average Bonchev–Trinajstić information content (AvgIpc) is 2.68. The Morgan fingerprint density at radius 2 is 1.63 bits per heavy atom. The maximum atomic E-state index is 12.2. The van der Waals surface area contributed by atoms with Crippen molar-refractivity contribution < 1.29 is 19.2 Å². The van der Waals surface area contributed by atoms with Gasteiger partial charge in [0, 0.05) is 6.07 Å². The summed E-state index contributed by atoms with van der Waals surface area (Å²) in [5, 5.41) is 11.0. The van der Waals surface area contributed by atoms with Crippen LogP contribution < -0.4 is 9.47 Å². The molecule has 0 N–H and O–H groups in total. The minimum atomic E-state index is -0.677. The summed E-state index contributed by atoms with van der Waals surface area (Å²) in [7, 11) is 0. The fourth-order valence-corrected chi connectivity index (χ4v) is 2.68. The van der Waals surface area contributed by atoms with Gasteiger partial charge in [-0.15, -0.1) is 0 Å². The van der Waals surface area contributed by atoms with Crippen molar-refractivity contribution >= 4 is 27.6 Å². The van der Waals surface area contributed by atoms with Gasteiger partial charge >= 0.3 is 5.97 Å². The smallest absolute Gasteiger partial charge is 0.343 e. The second-order valence-corrected chi connectivity index (χ2v) is 6.41. The molecule has 0 aromatic heterocycles. The van der Waals surface area contributed by atoms with Crippen LogP contribution >= 0.6 is 15.9 Å². The molecule has 0 amide bonds. The van der Waals surface area contributed by atoms with Gasteiger partial charge in [-0.1, -0.05) is 30.3 Å². The fraction of sp³-hybridized carbons (Fsp3) is 0.0500. The van der Waals surface area contributed by atoms with Crippen molar-refractivity contribution in [1.82, 2.24) is 0 Å². The predicted molar refractivity (Wildman–Crippen MR) is 103 cm³/mol. The molecule has 0 spiro atoms. The molecule has 7 heteroatoms. The lowest BCUT2D eigenvalue weighted by Crippen LogP contribution is -2.09. The van der Waals surface area contributed by atoms with E-state index in [-0.39, 0.29) is 11.3 Å². The summed E-state index contributed by atoms with van der Waals surface area (Å²) in [5.41, 5.74) is 0.938. The number of carbonyl (C=O) groups excluding carboxylic acids is 1. The van der Waals surface area contributed by atoms with Crippen molar-refractivity contribution in [2.24, 2.45) is 0 Å². The molecule has 0 radical (unpaired) electrons. The van der Waals surface area contributed by atoms with Crippen molar-refractivity contribution in [2.45, 2.75) is 6.61 Å². The molecule has 0 bridgehead atoms. The highest BCUT2D eigenvalue weighted by Crippen LogP contribution is 2.26. The third kappa shape index (κ3) is 4.92. The Labute approximate surface area is 163 Å². The molecule has 0 aliphatic carbocycles. The molecule has 27 heavy (non-hydrogen) atoms. The third-order valence-corrected chi connectivity index (χ3v) is 4.33. The largest absolute Gasteiger partial charge is 0.489 e. The van der Waals surface area contributed by atoms with Gasteiger partial charge in [-0.3, -0.25) is 10.1 Å². The van der Waals surface area contributed by atoms with Gasteiger partial charge in [-0.05, 0) is 57.9 Å². The number of nitrogens with zero attached hydrogens (tertiary/aromatic N) is 1. The summed E-state index contributed by atoms with van der Waals surface area (Å²) in [6, 6.07) is 20.4. The van der Waals surface area contributed by atoms with Crippen LogP contribution in [0.25, 0.3) is 0 Å². The van der Waals surface area contributed by atoms with Crippen LogP contribution in [-0.4, -0.2) is 10.9 Å². The Morgan fingerprint density at radius 1 is 0.963 bits per heavy atom. The Kier molecular flexibility index (Phi) is 5.83. The molecular weight excluding hydrogens is 414 g/mol. The first-order valence-corrected chi connectivity index (χ1v) is 8.75. The minimum absolute atomic E-state index is 0.0919. The number of benzene rings is 3. The van der Waals surface area contributed by atoms with E-state index in [9.17, 15) is 14.9 Å². The lowest BCUT2D eigenvalue weighted by Gasteiger charge is -2.08. The van der Waals surface area contributed by atoms with E-state index in [1.807, 2.05) is 30.3 Å². The summed E-state index contributed by atoms with van der Waals surface area (Å²) in [6.45, 7) is 0.433. The molecule has 6 nitrogen and oxygen atoms in total. The summed E-state index contributed by atoms with van der Waals surface area (Å²) >= 11 is 3.08.